The zero-order valence-electron chi connectivity index (χ0n) is 23.3. The Morgan fingerprint density at radius 2 is 1.76 bits per heavy atom. The van der Waals surface area contributed by atoms with Crippen LogP contribution < -0.4 is 32.7 Å². The van der Waals surface area contributed by atoms with Crippen LogP contribution >= 0.6 is 0 Å². The highest BCUT2D eigenvalue weighted by Gasteiger charge is 2.34. The predicted octanol–water partition coefficient (Wildman–Crippen LogP) is -1.97. The van der Waals surface area contributed by atoms with E-state index in [1.54, 1.807) is 26.0 Å². The molecule has 1 aliphatic heterocycles. The summed E-state index contributed by atoms with van der Waals surface area (Å²) >= 11 is 0. The van der Waals surface area contributed by atoms with Gasteiger partial charge in [0.1, 0.15) is 18.1 Å². The Balaban J connectivity index is 2.45. The lowest BCUT2D eigenvalue weighted by molar-refractivity contribution is -0.142. The molecule has 2 rings (SSSR count). The van der Waals surface area contributed by atoms with Gasteiger partial charge in [-0.2, -0.15) is 0 Å². The third-order valence-corrected chi connectivity index (χ3v) is 6.38. The van der Waals surface area contributed by atoms with Crippen LogP contribution in [0, 0.1) is 5.92 Å². The van der Waals surface area contributed by atoms with E-state index in [2.05, 4.69) is 26.3 Å². The molecule has 0 aliphatic carbocycles. The molecule has 0 unspecified atom stereocenters. The van der Waals surface area contributed by atoms with Gasteiger partial charge in [0.05, 0.1) is 13.0 Å². The lowest BCUT2D eigenvalue weighted by Gasteiger charge is -2.32. The average molecular weight is 575 g/mol. The molecule has 0 saturated heterocycles. The minimum atomic E-state index is -1.42. The number of carboxylic acid groups (broad SMARTS) is 1. The number of nitrogens with two attached hydrogens (primary N) is 2. The number of hydrogen-bond acceptors (Lipinski definition) is 7. The van der Waals surface area contributed by atoms with Gasteiger partial charge in [-0.15, -0.1) is 0 Å². The molecular formula is C26H38N8O7. The van der Waals surface area contributed by atoms with Crippen LogP contribution in [-0.2, 0) is 30.5 Å². The van der Waals surface area contributed by atoms with Gasteiger partial charge in [0.2, 0.25) is 23.6 Å². The van der Waals surface area contributed by atoms with Crippen LogP contribution in [0.4, 0.5) is 0 Å². The summed E-state index contributed by atoms with van der Waals surface area (Å²) in [6, 6.07) is 2.84. The molecule has 224 valence electrons. The minimum absolute atomic E-state index is 0.0561. The molecular weight excluding hydrogens is 536 g/mol. The first-order valence-electron chi connectivity index (χ1n) is 13.1. The number of guanidine groups is 1. The van der Waals surface area contributed by atoms with Crippen LogP contribution in [-0.4, -0.2) is 89.7 Å². The summed E-state index contributed by atoms with van der Waals surface area (Å²) in [6.45, 7) is 3.04. The Kier molecular flexibility index (Phi) is 12.0. The minimum Gasteiger partial charge on any atom is -0.481 e. The van der Waals surface area contributed by atoms with Crippen LogP contribution in [0.2, 0.25) is 0 Å². The van der Waals surface area contributed by atoms with E-state index in [4.69, 9.17) is 11.5 Å². The quantitative estimate of drug-likeness (QED) is 0.108. The number of carboxylic acids is 1. The Morgan fingerprint density at radius 3 is 2.39 bits per heavy atom. The smallest absolute Gasteiger partial charge is 0.305 e. The summed E-state index contributed by atoms with van der Waals surface area (Å²) in [5.74, 6) is -5.10. The summed E-state index contributed by atoms with van der Waals surface area (Å²) in [6.07, 6.45) is -0.265. The van der Waals surface area contributed by atoms with Crippen molar-refractivity contribution in [3.05, 3.63) is 35.4 Å². The van der Waals surface area contributed by atoms with Gasteiger partial charge >= 0.3 is 5.97 Å². The molecule has 9 N–H and O–H groups in total. The van der Waals surface area contributed by atoms with Crippen molar-refractivity contribution in [1.29, 1.82) is 0 Å². The number of aliphatic carboxylic acids is 1. The Hall–Kier alpha value is -4.69. The number of hydrogen-bond donors (Lipinski definition) is 7. The van der Waals surface area contributed by atoms with E-state index in [0.717, 1.165) is 0 Å². The summed E-state index contributed by atoms with van der Waals surface area (Å²) in [7, 11) is 1.42. The molecule has 0 fully saturated rings. The van der Waals surface area contributed by atoms with E-state index < -0.39 is 66.6 Å². The van der Waals surface area contributed by atoms with Crippen LogP contribution in [0.15, 0.2) is 29.3 Å². The van der Waals surface area contributed by atoms with Gasteiger partial charge in [-0.1, -0.05) is 26.0 Å². The van der Waals surface area contributed by atoms with Crippen molar-refractivity contribution in [3.8, 4) is 0 Å². The second-order valence-electron chi connectivity index (χ2n) is 9.96. The fourth-order valence-electron chi connectivity index (χ4n) is 4.15. The van der Waals surface area contributed by atoms with Crippen molar-refractivity contribution < 1.29 is 33.9 Å². The van der Waals surface area contributed by atoms with E-state index in [1.165, 1.54) is 24.1 Å². The molecule has 5 amide bonds. The van der Waals surface area contributed by atoms with Crippen molar-refractivity contribution >= 4 is 41.5 Å². The van der Waals surface area contributed by atoms with Gasteiger partial charge < -0.3 is 42.7 Å². The first-order valence-corrected chi connectivity index (χ1v) is 13.1. The standard InChI is InChI=1S/C26H38N8O7/c1-14(2)21-25(41)34(3)18(8-5-9-29-26(27)28)24(40)31-13-19(35)32-17(11-20(36)37)23(39)30-12-15-6-4-7-16(10-15)22(38)33-21/h4,6-7,10,14,17-18,21H,5,8-9,11-13H2,1-3H3,(H,30,39)(H,31,40)(H,32,35)(H,33,38)(H,36,37)(H4,27,28,29)/t17-,18-,21+/m0/s1. The fraction of sp³-hybridized carbons (Fsp3) is 0.500. The summed E-state index contributed by atoms with van der Waals surface area (Å²) < 4.78 is 0. The van der Waals surface area contributed by atoms with Gasteiger partial charge in [-0.3, -0.25) is 33.8 Å². The number of nitrogens with one attached hydrogen (secondary N) is 4. The Bertz CT molecular complexity index is 1180. The number of benzene rings is 1. The Morgan fingerprint density at radius 1 is 1.07 bits per heavy atom. The predicted molar refractivity (Wildman–Crippen MR) is 148 cm³/mol. The van der Waals surface area contributed by atoms with E-state index >= 15 is 0 Å². The first-order chi connectivity index (χ1) is 19.3. The van der Waals surface area contributed by atoms with E-state index in [0.29, 0.717) is 12.0 Å². The molecule has 3 atom stereocenters. The van der Waals surface area contributed by atoms with Gasteiger partial charge in [0.25, 0.3) is 5.91 Å². The zero-order valence-corrected chi connectivity index (χ0v) is 23.3. The highest BCUT2D eigenvalue weighted by molar-refractivity contribution is 5.99. The molecule has 0 radical (unpaired) electrons. The summed E-state index contributed by atoms with van der Waals surface area (Å²) in [5.41, 5.74) is 11.5. The molecule has 1 heterocycles. The number of carbonyl (C=O) groups is 6. The van der Waals surface area contributed by atoms with Crippen LogP contribution in [0.5, 0.6) is 0 Å². The molecule has 2 bridgehead atoms. The van der Waals surface area contributed by atoms with Crippen molar-refractivity contribution in [2.75, 3.05) is 20.1 Å². The normalized spacial score (nSPS) is 21.1. The number of carbonyl (C=O) groups excluding carboxylic acids is 5. The molecule has 15 nitrogen and oxygen atoms in total. The summed E-state index contributed by atoms with van der Waals surface area (Å²) in [4.78, 5) is 81.6. The second-order valence-corrected chi connectivity index (χ2v) is 9.96. The van der Waals surface area contributed by atoms with Gasteiger partial charge in [0.15, 0.2) is 5.96 Å². The van der Waals surface area contributed by atoms with Crippen LogP contribution in [0.3, 0.4) is 0 Å². The third kappa shape index (κ3) is 10.1. The van der Waals surface area contributed by atoms with E-state index in [1.807, 2.05) is 0 Å². The highest BCUT2D eigenvalue weighted by Crippen LogP contribution is 2.14. The highest BCUT2D eigenvalue weighted by atomic mass is 16.4. The number of likely N-dealkylation sites (N-methyl/N-ethyl adjacent to an activating group) is 1. The maximum atomic E-state index is 13.6. The van der Waals surface area contributed by atoms with Crippen LogP contribution in [0.1, 0.15) is 49.0 Å². The molecule has 1 aromatic carbocycles. The molecule has 41 heavy (non-hydrogen) atoms. The van der Waals surface area contributed by atoms with Crippen LogP contribution in [0.25, 0.3) is 0 Å². The molecule has 15 heteroatoms. The van der Waals surface area contributed by atoms with Crippen molar-refractivity contribution in [2.24, 2.45) is 22.4 Å². The largest absolute Gasteiger partial charge is 0.481 e. The topological polar surface area (TPSA) is 238 Å². The second kappa shape index (κ2) is 15.2. The van der Waals surface area contributed by atoms with Gasteiger partial charge in [0, 0.05) is 25.7 Å². The third-order valence-electron chi connectivity index (χ3n) is 6.38. The number of rotatable bonds is 7. The van der Waals surface area contributed by atoms with E-state index in [-0.39, 0.29) is 37.0 Å². The maximum absolute atomic E-state index is 13.6. The monoisotopic (exact) mass is 574 g/mol. The Labute approximate surface area is 237 Å². The van der Waals surface area contributed by atoms with Gasteiger partial charge in [-0.05, 0) is 36.5 Å². The molecule has 0 aromatic heterocycles. The number of nitrogens with zero attached hydrogens (tertiary/aromatic N) is 2. The molecule has 1 aliphatic rings. The van der Waals surface area contributed by atoms with Crippen molar-refractivity contribution in [3.63, 3.8) is 0 Å². The zero-order chi connectivity index (χ0) is 30.7. The van der Waals surface area contributed by atoms with Crippen molar-refractivity contribution in [2.45, 2.75) is 57.8 Å². The first kappa shape index (κ1) is 32.5. The number of aliphatic imine (C=N–C) groups is 1. The molecule has 1 aromatic rings. The lowest BCUT2D eigenvalue weighted by Crippen LogP contribution is -2.57. The fourth-order valence-corrected chi connectivity index (χ4v) is 4.15. The van der Waals surface area contributed by atoms with Crippen molar-refractivity contribution in [1.82, 2.24) is 26.2 Å². The number of fused-ring (bicyclic) bond motifs is 2. The average Bonchev–Trinajstić information content (AvgIpc) is 2.91. The van der Waals surface area contributed by atoms with Gasteiger partial charge in [-0.25, -0.2) is 0 Å². The maximum Gasteiger partial charge on any atom is 0.305 e. The lowest BCUT2D eigenvalue weighted by atomic mass is 10.00. The molecule has 0 saturated carbocycles. The SMILES string of the molecule is CC(C)[C@H]1NC(=O)c2cccc(c2)CNC(=O)[C@H](CC(=O)O)NC(=O)CNC(=O)[C@H](CCCN=C(N)N)N(C)C1=O. The number of amides is 5. The van der Waals surface area contributed by atoms with E-state index in [9.17, 15) is 33.9 Å². The summed E-state index contributed by atoms with van der Waals surface area (Å²) in [5, 5.41) is 19.3. The molecule has 0 spiro atoms.